The molecule has 0 atom stereocenters. The molecule has 0 nitrogen and oxygen atoms in total. The molecule has 16 heavy (non-hydrogen) atoms. The Morgan fingerprint density at radius 1 is 0.938 bits per heavy atom. The Balaban J connectivity index is 2.88. The van der Waals surface area contributed by atoms with E-state index in [0.29, 0.717) is 19.9 Å². The molecule has 0 amide bonds. The molecular formula is C15H20Se. The summed E-state index contributed by atoms with van der Waals surface area (Å²) in [5, 5.41) is 1.55. The van der Waals surface area contributed by atoms with Crippen LogP contribution in [0.2, 0.25) is 0 Å². The Labute approximate surface area is 104 Å². The van der Waals surface area contributed by atoms with E-state index in [1.807, 2.05) is 0 Å². The van der Waals surface area contributed by atoms with E-state index in [1.165, 1.54) is 11.1 Å². The van der Waals surface area contributed by atoms with Crippen molar-refractivity contribution < 1.29 is 0 Å². The standard InChI is InChI=1S/C15H20Se/c1-9-7-8-10(2)13-12(9)11(3)14(16-13)15(4,5)6/h7-8H,1-6H3. The van der Waals surface area contributed by atoms with Crippen molar-refractivity contribution in [1.29, 1.82) is 0 Å². The molecule has 1 heteroatoms. The topological polar surface area (TPSA) is 0 Å². The SMILES string of the molecule is Cc1ccc(C)c2c(C)c(C(C)(C)C)[se]c12. The van der Waals surface area contributed by atoms with Crippen LogP contribution in [0, 0.1) is 20.8 Å². The molecule has 0 spiro atoms. The van der Waals surface area contributed by atoms with E-state index < -0.39 is 0 Å². The molecule has 0 aliphatic carbocycles. The minimum atomic E-state index is 0.321. The summed E-state index contributed by atoms with van der Waals surface area (Å²) >= 11 is 0.535. The van der Waals surface area contributed by atoms with Gasteiger partial charge in [0, 0.05) is 0 Å². The summed E-state index contributed by atoms with van der Waals surface area (Å²) in [6, 6.07) is 4.54. The molecule has 1 aromatic carbocycles. The Kier molecular flexibility index (Phi) is 2.80. The summed E-state index contributed by atoms with van der Waals surface area (Å²) < 4.78 is 3.29. The van der Waals surface area contributed by atoms with Gasteiger partial charge in [0.15, 0.2) is 0 Å². The molecule has 0 aliphatic heterocycles. The van der Waals surface area contributed by atoms with Crippen molar-refractivity contribution in [2.45, 2.75) is 47.0 Å². The van der Waals surface area contributed by atoms with Crippen molar-refractivity contribution in [2.24, 2.45) is 0 Å². The number of benzene rings is 1. The van der Waals surface area contributed by atoms with E-state index in [9.17, 15) is 0 Å². The summed E-state index contributed by atoms with van der Waals surface area (Å²) in [7, 11) is 0. The zero-order chi connectivity index (χ0) is 12.1. The van der Waals surface area contributed by atoms with Gasteiger partial charge in [0.1, 0.15) is 0 Å². The van der Waals surface area contributed by atoms with Crippen LogP contribution in [0.5, 0.6) is 0 Å². The van der Waals surface area contributed by atoms with Crippen molar-refractivity contribution >= 4 is 24.1 Å². The van der Waals surface area contributed by atoms with Crippen molar-refractivity contribution in [3.05, 3.63) is 33.3 Å². The zero-order valence-electron chi connectivity index (χ0n) is 11.1. The molecule has 2 rings (SSSR count). The van der Waals surface area contributed by atoms with Gasteiger partial charge in [0.25, 0.3) is 0 Å². The summed E-state index contributed by atoms with van der Waals surface area (Å²) in [4.78, 5) is 0. The molecule has 0 N–H and O–H groups in total. The molecule has 0 fully saturated rings. The van der Waals surface area contributed by atoms with E-state index in [2.05, 4.69) is 53.7 Å². The first-order valence-electron chi connectivity index (χ1n) is 5.82. The fraction of sp³-hybridized carbons (Fsp3) is 0.467. The van der Waals surface area contributed by atoms with Crippen LogP contribution >= 0.6 is 0 Å². The third-order valence-corrected chi connectivity index (χ3v) is 7.05. The number of hydrogen-bond acceptors (Lipinski definition) is 0. The van der Waals surface area contributed by atoms with Crippen LogP contribution in [0.25, 0.3) is 9.65 Å². The van der Waals surface area contributed by atoms with Crippen molar-refractivity contribution in [3.8, 4) is 0 Å². The molecule has 0 unspecified atom stereocenters. The summed E-state index contributed by atoms with van der Waals surface area (Å²) in [5.41, 5.74) is 4.78. The predicted molar refractivity (Wildman–Crippen MR) is 73.8 cm³/mol. The normalized spacial score (nSPS) is 12.4. The first-order chi connectivity index (χ1) is 7.32. The van der Waals surface area contributed by atoms with Gasteiger partial charge in [-0.3, -0.25) is 0 Å². The van der Waals surface area contributed by atoms with Crippen molar-refractivity contribution in [2.75, 3.05) is 0 Å². The maximum atomic E-state index is 2.34. The van der Waals surface area contributed by atoms with Gasteiger partial charge >= 0.3 is 104 Å². The Morgan fingerprint density at radius 3 is 2.00 bits per heavy atom. The van der Waals surface area contributed by atoms with Crippen LogP contribution in [0.15, 0.2) is 12.1 Å². The molecule has 0 saturated carbocycles. The van der Waals surface area contributed by atoms with Crippen LogP contribution in [0.4, 0.5) is 0 Å². The molecule has 1 heterocycles. The van der Waals surface area contributed by atoms with E-state index in [0.717, 1.165) is 0 Å². The molecule has 0 radical (unpaired) electrons. The first-order valence-corrected chi connectivity index (χ1v) is 7.53. The molecule has 86 valence electrons. The van der Waals surface area contributed by atoms with Gasteiger partial charge in [-0.1, -0.05) is 0 Å². The molecule has 0 saturated heterocycles. The summed E-state index contributed by atoms with van der Waals surface area (Å²) in [6.07, 6.45) is 0. The molecular weight excluding hydrogens is 259 g/mol. The maximum absolute atomic E-state index is 2.34. The van der Waals surface area contributed by atoms with Gasteiger partial charge in [-0.05, 0) is 0 Å². The Bertz CT molecular complexity index is 539. The van der Waals surface area contributed by atoms with E-state index in [4.69, 9.17) is 0 Å². The van der Waals surface area contributed by atoms with Gasteiger partial charge in [-0.25, -0.2) is 0 Å². The van der Waals surface area contributed by atoms with Gasteiger partial charge in [0.05, 0.1) is 0 Å². The van der Waals surface area contributed by atoms with Crippen LogP contribution < -0.4 is 0 Å². The average Bonchev–Trinajstić information content (AvgIpc) is 2.51. The van der Waals surface area contributed by atoms with Crippen molar-refractivity contribution in [1.82, 2.24) is 0 Å². The Morgan fingerprint density at radius 2 is 1.50 bits per heavy atom. The second-order valence-electron chi connectivity index (χ2n) is 5.71. The summed E-state index contributed by atoms with van der Waals surface area (Å²) in [5.74, 6) is 0. The van der Waals surface area contributed by atoms with Gasteiger partial charge in [0.2, 0.25) is 0 Å². The average molecular weight is 279 g/mol. The fourth-order valence-corrected chi connectivity index (χ4v) is 5.35. The van der Waals surface area contributed by atoms with E-state index in [1.54, 1.807) is 19.6 Å². The number of fused-ring (bicyclic) bond motifs is 1. The van der Waals surface area contributed by atoms with Gasteiger partial charge in [-0.15, -0.1) is 0 Å². The van der Waals surface area contributed by atoms with Crippen LogP contribution in [0.3, 0.4) is 0 Å². The van der Waals surface area contributed by atoms with Crippen LogP contribution in [-0.4, -0.2) is 14.5 Å². The number of aryl methyl sites for hydroxylation is 3. The van der Waals surface area contributed by atoms with E-state index >= 15 is 0 Å². The van der Waals surface area contributed by atoms with Gasteiger partial charge < -0.3 is 0 Å². The first kappa shape index (κ1) is 12.0. The number of hydrogen-bond donors (Lipinski definition) is 0. The molecule has 0 bridgehead atoms. The van der Waals surface area contributed by atoms with E-state index in [-0.39, 0.29) is 0 Å². The second kappa shape index (κ2) is 3.75. The third kappa shape index (κ3) is 1.77. The number of rotatable bonds is 0. The molecule has 1 aromatic heterocycles. The summed E-state index contributed by atoms with van der Waals surface area (Å²) in [6.45, 7) is 13.8. The predicted octanol–water partition coefficient (Wildman–Crippen LogP) is 4.12. The Hall–Kier alpha value is -0.521. The molecule has 2 aromatic rings. The zero-order valence-corrected chi connectivity index (χ0v) is 12.8. The quantitative estimate of drug-likeness (QED) is 0.636. The van der Waals surface area contributed by atoms with Crippen molar-refractivity contribution in [3.63, 3.8) is 0 Å². The fourth-order valence-electron chi connectivity index (χ4n) is 2.39. The monoisotopic (exact) mass is 280 g/mol. The van der Waals surface area contributed by atoms with Crippen LogP contribution in [-0.2, 0) is 5.41 Å². The molecule has 0 aliphatic rings. The van der Waals surface area contributed by atoms with Crippen LogP contribution in [0.1, 0.15) is 41.9 Å². The second-order valence-corrected chi connectivity index (χ2v) is 7.85. The van der Waals surface area contributed by atoms with Gasteiger partial charge in [-0.2, -0.15) is 0 Å². The third-order valence-electron chi connectivity index (χ3n) is 3.16. The minimum absolute atomic E-state index is 0.321.